The van der Waals surface area contributed by atoms with Crippen LogP contribution in [-0.4, -0.2) is 33.6 Å². The van der Waals surface area contributed by atoms with Gasteiger partial charge in [0.05, 0.1) is 12.1 Å². The van der Waals surface area contributed by atoms with Crippen LogP contribution in [-0.2, 0) is 6.54 Å². The first-order chi connectivity index (χ1) is 11.9. The lowest BCUT2D eigenvalue weighted by atomic mass is 10.00. The van der Waals surface area contributed by atoms with Crippen molar-refractivity contribution in [3.63, 3.8) is 0 Å². The van der Waals surface area contributed by atoms with E-state index in [0.717, 1.165) is 4.90 Å². The molecule has 0 bridgehead atoms. The highest BCUT2D eigenvalue weighted by molar-refractivity contribution is 6.25. The lowest BCUT2D eigenvalue weighted by molar-refractivity contribution is 0.0641. The Morgan fingerprint density at radius 2 is 1.64 bits per heavy atom. The third-order valence-corrected chi connectivity index (χ3v) is 3.99. The molecule has 2 N–H and O–H groups in total. The van der Waals surface area contributed by atoms with Gasteiger partial charge in [0, 0.05) is 5.56 Å². The van der Waals surface area contributed by atoms with Crippen molar-refractivity contribution < 1.29 is 24.2 Å². The second kappa shape index (κ2) is 5.86. The van der Waals surface area contributed by atoms with Crippen LogP contribution < -0.4 is 0 Å². The monoisotopic (exact) mass is 340 g/mol. The van der Waals surface area contributed by atoms with Crippen LogP contribution in [0.1, 0.15) is 31.8 Å². The normalized spacial score (nSPS) is 13.1. The molecule has 0 aromatic heterocycles. The molecule has 6 nitrogen and oxygen atoms in total. The fraction of sp³-hybridized carbons (Fsp3) is 0.0556. The number of rotatable bonds is 4. The maximum Gasteiger partial charge on any atom is 0.265 e. The van der Waals surface area contributed by atoms with Crippen molar-refractivity contribution in [1.82, 2.24) is 4.90 Å². The molecule has 126 valence electrons. The number of imide groups is 1. The van der Waals surface area contributed by atoms with Crippen LogP contribution in [0.3, 0.4) is 0 Å². The van der Waals surface area contributed by atoms with Crippen LogP contribution in [0.15, 0.2) is 35.8 Å². The van der Waals surface area contributed by atoms with E-state index in [1.54, 1.807) is 0 Å². The van der Waals surface area contributed by atoms with Crippen molar-refractivity contribution in [2.75, 3.05) is 0 Å². The van der Waals surface area contributed by atoms with E-state index >= 15 is 0 Å². The number of aliphatic imine (C=N–C) groups is 1. The van der Waals surface area contributed by atoms with Gasteiger partial charge in [-0.25, -0.2) is 4.39 Å². The molecule has 0 fully saturated rings. The molecule has 25 heavy (non-hydrogen) atoms. The predicted molar refractivity (Wildman–Crippen MR) is 89.7 cm³/mol. The smallest absolute Gasteiger partial charge is 0.265 e. The van der Waals surface area contributed by atoms with Gasteiger partial charge in [0.25, 0.3) is 11.8 Å². The minimum Gasteiger partial charge on any atom is -0.506 e. The Morgan fingerprint density at radius 3 is 2.16 bits per heavy atom. The van der Waals surface area contributed by atoms with Crippen molar-refractivity contribution in [3.05, 3.63) is 58.9 Å². The van der Waals surface area contributed by atoms with Crippen LogP contribution in [0.4, 0.5) is 10.1 Å². The average Bonchev–Trinajstić information content (AvgIpc) is 2.84. The molecular weight excluding hydrogens is 327 g/mol. The molecule has 1 heterocycles. The maximum absolute atomic E-state index is 13.0. The highest BCUT2D eigenvalue weighted by Crippen LogP contribution is 2.47. The van der Waals surface area contributed by atoms with Crippen molar-refractivity contribution in [1.29, 1.82) is 0 Å². The summed E-state index contributed by atoms with van der Waals surface area (Å²) in [5.41, 5.74) is -0.252. The number of benzene rings is 2. The summed E-state index contributed by atoms with van der Waals surface area (Å²) >= 11 is 0. The number of nitrogens with zero attached hydrogens (tertiary/aromatic N) is 2. The van der Waals surface area contributed by atoms with Crippen molar-refractivity contribution in [3.8, 4) is 11.5 Å². The summed E-state index contributed by atoms with van der Waals surface area (Å²) < 4.78 is 13.0. The molecule has 1 aliphatic rings. The Bertz CT molecular complexity index is 882. The number of phenols is 2. The quantitative estimate of drug-likeness (QED) is 0.508. The van der Waals surface area contributed by atoms with Crippen LogP contribution >= 0.6 is 0 Å². The standard InChI is InChI=1S/C18H13FN2O4/c1-3-11-14(20-2)16(23)13-12(15(11)22)17(24)21(18(13)25)8-9-4-6-10(19)7-5-9/h3-7,22-23H,1-2,8H2. The Morgan fingerprint density at radius 1 is 1.08 bits per heavy atom. The summed E-state index contributed by atoms with van der Waals surface area (Å²) in [6.07, 6.45) is 1.21. The first kappa shape index (κ1) is 16.4. The first-order valence-corrected chi connectivity index (χ1v) is 7.22. The van der Waals surface area contributed by atoms with Gasteiger partial charge in [0.2, 0.25) is 0 Å². The summed E-state index contributed by atoms with van der Waals surface area (Å²) in [6, 6.07) is 5.28. The molecular formula is C18H13FN2O4. The highest BCUT2D eigenvalue weighted by Gasteiger charge is 2.42. The summed E-state index contributed by atoms with van der Waals surface area (Å²) in [4.78, 5) is 29.7. The third kappa shape index (κ3) is 2.37. The third-order valence-electron chi connectivity index (χ3n) is 3.99. The van der Waals surface area contributed by atoms with Gasteiger partial charge in [0.1, 0.15) is 22.8 Å². The first-order valence-electron chi connectivity index (χ1n) is 7.22. The molecule has 0 aliphatic carbocycles. The molecule has 1 aliphatic heterocycles. The van der Waals surface area contributed by atoms with Gasteiger partial charge in [-0.2, -0.15) is 0 Å². The SMILES string of the molecule is C=Cc1c(O)c2c(c(O)c1N=C)C(=O)N(Cc1ccc(F)cc1)C2=O. The lowest BCUT2D eigenvalue weighted by Gasteiger charge is -2.13. The van der Waals surface area contributed by atoms with Crippen LogP contribution in [0.2, 0.25) is 0 Å². The zero-order chi connectivity index (χ0) is 18.3. The summed E-state index contributed by atoms with van der Waals surface area (Å²) in [6.45, 7) is 6.66. The van der Waals surface area contributed by atoms with E-state index in [-0.39, 0.29) is 28.9 Å². The maximum atomic E-state index is 13.0. The van der Waals surface area contributed by atoms with Gasteiger partial charge < -0.3 is 10.2 Å². The largest absolute Gasteiger partial charge is 0.506 e. The molecule has 3 rings (SSSR count). The second-order valence-corrected chi connectivity index (χ2v) is 5.39. The van der Waals surface area contributed by atoms with Crippen LogP contribution in [0.25, 0.3) is 6.08 Å². The molecule has 0 unspecified atom stereocenters. The van der Waals surface area contributed by atoms with Gasteiger partial charge in [-0.15, -0.1) is 0 Å². The number of carbonyl (C=O) groups is 2. The molecule has 7 heteroatoms. The molecule has 0 saturated heterocycles. The average molecular weight is 340 g/mol. The number of hydrogen-bond acceptors (Lipinski definition) is 5. The Kier molecular flexibility index (Phi) is 3.84. The zero-order valence-corrected chi connectivity index (χ0v) is 13.0. The van der Waals surface area contributed by atoms with E-state index in [1.807, 2.05) is 0 Å². The number of amides is 2. The summed E-state index contributed by atoms with van der Waals surface area (Å²) in [5, 5.41) is 20.6. The summed E-state index contributed by atoms with van der Waals surface area (Å²) in [7, 11) is 0. The number of phenolic OH excluding ortho intramolecular Hbond substituents is 2. The number of aromatic hydroxyl groups is 2. The zero-order valence-electron chi connectivity index (χ0n) is 13.0. The van der Waals surface area contributed by atoms with E-state index in [4.69, 9.17) is 0 Å². The van der Waals surface area contributed by atoms with Gasteiger partial charge >= 0.3 is 0 Å². The van der Waals surface area contributed by atoms with E-state index < -0.39 is 29.1 Å². The van der Waals surface area contributed by atoms with E-state index in [2.05, 4.69) is 18.3 Å². The molecule has 2 amide bonds. The second-order valence-electron chi connectivity index (χ2n) is 5.39. The van der Waals surface area contributed by atoms with Gasteiger partial charge in [-0.1, -0.05) is 24.8 Å². The Labute approximate surface area is 142 Å². The number of fused-ring (bicyclic) bond motifs is 1. The highest BCUT2D eigenvalue weighted by atomic mass is 19.1. The van der Waals surface area contributed by atoms with Crippen molar-refractivity contribution in [2.45, 2.75) is 6.54 Å². The number of hydrogen-bond donors (Lipinski definition) is 2. The molecule has 2 aromatic carbocycles. The van der Waals surface area contributed by atoms with E-state index in [9.17, 15) is 24.2 Å². The van der Waals surface area contributed by atoms with Crippen LogP contribution in [0, 0.1) is 5.82 Å². The Balaban J connectivity index is 2.12. The van der Waals surface area contributed by atoms with Crippen molar-refractivity contribution >= 4 is 30.3 Å². The molecule has 0 radical (unpaired) electrons. The topological polar surface area (TPSA) is 90.2 Å². The molecule has 2 aromatic rings. The fourth-order valence-electron chi connectivity index (χ4n) is 2.78. The van der Waals surface area contributed by atoms with Gasteiger partial charge in [-0.3, -0.25) is 19.5 Å². The fourth-order valence-corrected chi connectivity index (χ4v) is 2.78. The van der Waals surface area contributed by atoms with E-state index in [1.165, 1.54) is 30.3 Å². The van der Waals surface area contributed by atoms with Gasteiger partial charge in [0.15, 0.2) is 5.75 Å². The van der Waals surface area contributed by atoms with Crippen LogP contribution in [0.5, 0.6) is 11.5 Å². The predicted octanol–water partition coefficient (Wildman–Crippen LogP) is 3.01. The molecule has 0 spiro atoms. The minimum atomic E-state index is -0.780. The Hall–Kier alpha value is -3.48. The summed E-state index contributed by atoms with van der Waals surface area (Å²) in [5.74, 6) is -3.03. The lowest BCUT2D eigenvalue weighted by Crippen LogP contribution is -2.29. The minimum absolute atomic E-state index is 0.0102. The van der Waals surface area contributed by atoms with E-state index in [0.29, 0.717) is 5.56 Å². The number of halogens is 1. The van der Waals surface area contributed by atoms with Crippen molar-refractivity contribution in [2.24, 2.45) is 4.99 Å². The molecule has 0 saturated carbocycles. The van der Waals surface area contributed by atoms with Gasteiger partial charge in [-0.05, 0) is 24.4 Å². The molecule has 0 atom stereocenters. The number of carbonyl (C=O) groups excluding carboxylic acids is 2.